The third kappa shape index (κ3) is 1.66. The van der Waals surface area contributed by atoms with Gasteiger partial charge in [0.15, 0.2) is 0 Å². The first kappa shape index (κ1) is 8.83. The summed E-state index contributed by atoms with van der Waals surface area (Å²) in [5.74, 6) is 1.54. The molecule has 2 atom stereocenters. The molecule has 0 amide bonds. The normalized spacial score (nSPS) is 36.6. The third-order valence-corrected chi connectivity index (χ3v) is 3.25. The van der Waals surface area contributed by atoms with E-state index >= 15 is 0 Å². The Morgan fingerprint density at radius 3 is 2.36 bits per heavy atom. The van der Waals surface area contributed by atoms with Crippen molar-refractivity contribution < 1.29 is 0 Å². The van der Waals surface area contributed by atoms with Crippen LogP contribution in [0.3, 0.4) is 0 Å². The van der Waals surface area contributed by atoms with Crippen molar-refractivity contribution in [2.45, 2.75) is 41.0 Å². The molecule has 1 unspecified atom stereocenters. The van der Waals surface area contributed by atoms with Crippen molar-refractivity contribution in [2.75, 3.05) is 0 Å². The van der Waals surface area contributed by atoms with E-state index in [0.29, 0.717) is 5.41 Å². The molecular formula is C11H20. The molecule has 64 valence electrons. The number of hydrogen-bond acceptors (Lipinski definition) is 0. The van der Waals surface area contributed by atoms with Crippen molar-refractivity contribution in [3.05, 3.63) is 11.6 Å². The molecular weight excluding hydrogens is 132 g/mol. The van der Waals surface area contributed by atoms with Crippen LogP contribution in [0.5, 0.6) is 0 Å². The van der Waals surface area contributed by atoms with Gasteiger partial charge in [-0.2, -0.15) is 0 Å². The van der Waals surface area contributed by atoms with E-state index in [1.165, 1.54) is 6.42 Å². The standard InChI is InChI=1S/C11H20/c1-8-6-9(2)10(3)11(4,5)7-8/h6,8,10H,7H2,1-5H3/t8-,10?/m0/s1. The molecule has 0 bridgehead atoms. The predicted octanol–water partition coefficient (Wildman–Crippen LogP) is 3.63. The van der Waals surface area contributed by atoms with E-state index in [-0.39, 0.29) is 0 Å². The Morgan fingerprint density at radius 2 is 1.91 bits per heavy atom. The minimum atomic E-state index is 0.512. The van der Waals surface area contributed by atoms with E-state index in [1.807, 2.05) is 0 Å². The minimum absolute atomic E-state index is 0.512. The Labute approximate surface area is 70.7 Å². The van der Waals surface area contributed by atoms with Crippen molar-refractivity contribution in [3.63, 3.8) is 0 Å². The van der Waals surface area contributed by atoms with Crippen molar-refractivity contribution >= 4 is 0 Å². The van der Waals surface area contributed by atoms with Crippen LogP contribution in [0.1, 0.15) is 41.0 Å². The van der Waals surface area contributed by atoms with E-state index < -0.39 is 0 Å². The van der Waals surface area contributed by atoms with Crippen LogP contribution in [0.4, 0.5) is 0 Å². The van der Waals surface area contributed by atoms with Gasteiger partial charge in [-0.05, 0) is 30.6 Å². The lowest BCUT2D eigenvalue weighted by Crippen LogP contribution is -2.28. The van der Waals surface area contributed by atoms with E-state index in [2.05, 4.69) is 40.7 Å². The Kier molecular flexibility index (Phi) is 2.13. The van der Waals surface area contributed by atoms with E-state index in [4.69, 9.17) is 0 Å². The zero-order valence-electron chi connectivity index (χ0n) is 8.44. The van der Waals surface area contributed by atoms with Crippen molar-refractivity contribution in [2.24, 2.45) is 17.3 Å². The molecule has 0 fully saturated rings. The maximum atomic E-state index is 2.43. The van der Waals surface area contributed by atoms with Gasteiger partial charge in [0.2, 0.25) is 0 Å². The van der Waals surface area contributed by atoms with Crippen molar-refractivity contribution in [3.8, 4) is 0 Å². The summed E-state index contributed by atoms with van der Waals surface area (Å²) in [6.45, 7) is 11.7. The van der Waals surface area contributed by atoms with Crippen LogP contribution in [0.2, 0.25) is 0 Å². The molecule has 0 heteroatoms. The molecule has 0 spiro atoms. The highest BCUT2D eigenvalue weighted by Crippen LogP contribution is 2.42. The highest BCUT2D eigenvalue weighted by molar-refractivity contribution is 5.12. The van der Waals surface area contributed by atoms with Gasteiger partial charge in [0, 0.05) is 0 Å². The first-order chi connectivity index (χ1) is 4.93. The number of hydrogen-bond donors (Lipinski definition) is 0. The van der Waals surface area contributed by atoms with Gasteiger partial charge in [-0.25, -0.2) is 0 Å². The maximum absolute atomic E-state index is 2.43. The molecule has 0 N–H and O–H groups in total. The Hall–Kier alpha value is -0.260. The van der Waals surface area contributed by atoms with Crippen LogP contribution in [-0.4, -0.2) is 0 Å². The van der Waals surface area contributed by atoms with Gasteiger partial charge in [0.05, 0.1) is 0 Å². The van der Waals surface area contributed by atoms with Gasteiger partial charge in [0.1, 0.15) is 0 Å². The molecule has 0 heterocycles. The van der Waals surface area contributed by atoms with Crippen LogP contribution >= 0.6 is 0 Å². The Morgan fingerprint density at radius 1 is 1.36 bits per heavy atom. The highest BCUT2D eigenvalue weighted by atomic mass is 14.4. The average Bonchev–Trinajstić information content (AvgIpc) is 1.81. The van der Waals surface area contributed by atoms with Crippen molar-refractivity contribution in [1.82, 2.24) is 0 Å². The highest BCUT2D eigenvalue weighted by Gasteiger charge is 2.31. The Bertz CT molecular complexity index is 174. The second-order valence-electron chi connectivity index (χ2n) is 4.80. The second kappa shape index (κ2) is 2.66. The molecule has 0 saturated carbocycles. The molecule has 11 heavy (non-hydrogen) atoms. The fraction of sp³-hybridized carbons (Fsp3) is 0.818. The number of rotatable bonds is 0. The Balaban J connectivity index is 2.86. The summed E-state index contributed by atoms with van der Waals surface area (Å²) >= 11 is 0. The second-order valence-corrected chi connectivity index (χ2v) is 4.80. The van der Waals surface area contributed by atoms with Crippen LogP contribution in [0, 0.1) is 17.3 Å². The monoisotopic (exact) mass is 152 g/mol. The largest absolute Gasteiger partial charge is 0.0825 e. The fourth-order valence-corrected chi connectivity index (χ4v) is 2.27. The fourth-order valence-electron chi connectivity index (χ4n) is 2.27. The SMILES string of the molecule is CC1=C[C@H](C)CC(C)(C)C1C. The molecule has 1 aliphatic rings. The maximum Gasteiger partial charge on any atom is -0.0183 e. The van der Waals surface area contributed by atoms with Crippen molar-refractivity contribution in [1.29, 1.82) is 0 Å². The van der Waals surface area contributed by atoms with E-state index in [1.54, 1.807) is 5.57 Å². The van der Waals surface area contributed by atoms with Gasteiger partial charge in [-0.1, -0.05) is 39.3 Å². The summed E-state index contributed by atoms with van der Waals surface area (Å²) in [5, 5.41) is 0. The van der Waals surface area contributed by atoms with Crippen LogP contribution in [-0.2, 0) is 0 Å². The van der Waals surface area contributed by atoms with Gasteiger partial charge >= 0.3 is 0 Å². The van der Waals surface area contributed by atoms with Crippen LogP contribution in [0.15, 0.2) is 11.6 Å². The van der Waals surface area contributed by atoms with Gasteiger partial charge in [-0.15, -0.1) is 0 Å². The smallest absolute Gasteiger partial charge is 0.0183 e. The topological polar surface area (TPSA) is 0 Å². The lowest BCUT2D eigenvalue weighted by atomic mass is 9.67. The van der Waals surface area contributed by atoms with Gasteiger partial charge < -0.3 is 0 Å². The summed E-state index contributed by atoms with van der Waals surface area (Å²) in [5.41, 5.74) is 2.09. The molecule has 0 nitrogen and oxygen atoms in total. The molecule has 0 aliphatic heterocycles. The first-order valence-corrected chi connectivity index (χ1v) is 4.62. The molecule has 1 rings (SSSR count). The molecule has 0 aromatic carbocycles. The third-order valence-electron chi connectivity index (χ3n) is 3.25. The average molecular weight is 152 g/mol. The van der Waals surface area contributed by atoms with Gasteiger partial charge in [-0.3, -0.25) is 0 Å². The molecule has 0 aromatic rings. The summed E-state index contributed by atoms with van der Waals surface area (Å²) in [6.07, 6.45) is 3.77. The summed E-state index contributed by atoms with van der Waals surface area (Å²) in [4.78, 5) is 0. The first-order valence-electron chi connectivity index (χ1n) is 4.62. The molecule has 0 radical (unpaired) electrons. The van der Waals surface area contributed by atoms with Crippen LogP contribution in [0.25, 0.3) is 0 Å². The molecule has 0 aromatic heterocycles. The lowest BCUT2D eigenvalue weighted by molar-refractivity contribution is 0.202. The minimum Gasteiger partial charge on any atom is -0.0825 e. The van der Waals surface area contributed by atoms with Gasteiger partial charge in [0.25, 0.3) is 0 Å². The molecule has 0 saturated heterocycles. The lowest BCUT2D eigenvalue weighted by Gasteiger charge is -2.38. The molecule has 1 aliphatic carbocycles. The van der Waals surface area contributed by atoms with Crippen LogP contribution < -0.4 is 0 Å². The zero-order chi connectivity index (χ0) is 8.65. The van der Waals surface area contributed by atoms with E-state index in [0.717, 1.165) is 11.8 Å². The summed E-state index contributed by atoms with van der Waals surface area (Å²) in [6, 6.07) is 0. The predicted molar refractivity (Wildman–Crippen MR) is 50.5 cm³/mol. The quantitative estimate of drug-likeness (QED) is 0.465. The number of allylic oxidation sites excluding steroid dienone is 2. The summed E-state index contributed by atoms with van der Waals surface area (Å²) in [7, 11) is 0. The zero-order valence-corrected chi connectivity index (χ0v) is 8.44. The van der Waals surface area contributed by atoms with E-state index in [9.17, 15) is 0 Å². The summed E-state index contributed by atoms with van der Waals surface area (Å²) < 4.78 is 0.